The summed E-state index contributed by atoms with van der Waals surface area (Å²) in [5.74, 6) is 0.420. The normalized spacial score (nSPS) is 14.3. The van der Waals surface area contributed by atoms with E-state index in [-0.39, 0.29) is 18.3 Å². The Labute approximate surface area is 147 Å². The number of aliphatic imine (C=N–C) groups is 1. The third-order valence-corrected chi connectivity index (χ3v) is 3.78. The first-order valence-corrected chi connectivity index (χ1v) is 8.30. The maximum atomic E-state index is 11.6. The number of amides is 1. The van der Waals surface area contributed by atoms with Crippen molar-refractivity contribution in [1.29, 1.82) is 0 Å². The molecule has 0 radical (unpaired) electrons. The van der Waals surface area contributed by atoms with Crippen LogP contribution in [0.5, 0.6) is 0 Å². The minimum atomic E-state index is -0.292. The highest BCUT2D eigenvalue weighted by Crippen LogP contribution is 2.18. The van der Waals surface area contributed by atoms with Crippen molar-refractivity contribution in [2.24, 2.45) is 4.99 Å². The number of carbonyl (C=O) groups is 2. The Balaban J connectivity index is 1.70. The molecule has 0 unspecified atom stereocenters. The second-order valence-electron chi connectivity index (χ2n) is 5.64. The first kappa shape index (κ1) is 18.5. The Morgan fingerprint density at radius 2 is 1.92 bits per heavy atom. The van der Waals surface area contributed by atoms with Crippen molar-refractivity contribution >= 4 is 23.4 Å². The third kappa shape index (κ3) is 5.63. The van der Waals surface area contributed by atoms with Gasteiger partial charge < -0.3 is 10.1 Å². The number of nitrogens with one attached hydrogen (secondary N) is 3. The monoisotopic (exact) mass is 344 g/mol. The van der Waals surface area contributed by atoms with E-state index >= 15 is 0 Å². The van der Waals surface area contributed by atoms with Crippen molar-refractivity contribution in [3.8, 4) is 0 Å². The van der Waals surface area contributed by atoms with Crippen molar-refractivity contribution in [3.63, 3.8) is 0 Å². The van der Waals surface area contributed by atoms with Crippen LogP contribution in [0.4, 0.5) is 0 Å². The number of esters is 1. The minimum Gasteiger partial charge on any atom is -0.469 e. The van der Waals surface area contributed by atoms with Crippen molar-refractivity contribution in [1.82, 2.24) is 16.2 Å². The number of ether oxygens (including phenoxy) is 1. The van der Waals surface area contributed by atoms with Gasteiger partial charge in [-0.25, -0.2) is 0 Å². The van der Waals surface area contributed by atoms with Gasteiger partial charge in [0, 0.05) is 37.1 Å². The van der Waals surface area contributed by atoms with E-state index < -0.39 is 0 Å². The van der Waals surface area contributed by atoms with E-state index in [1.165, 1.54) is 7.11 Å². The summed E-state index contributed by atoms with van der Waals surface area (Å²) in [6.07, 6.45) is 1.82. The molecular formula is C18H24N4O3. The van der Waals surface area contributed by atoms with Crippen molar-refractivity contribution in [2.75, 3.05) is 20.2 Å². The van der Waals surface area contributed by atoms with Crippen molar-refractivity contribution in [3.05, 3.63) is 42.0 Å². The number of carbonyl (C=O) groups excluding carboxylic acids is 2. The maximum Gasteiger partial charge on any atom is 0.305 e. The maximum absolute atomic E-state index is 11.6. The molecule has 3 N–H and O–H groups in total. The first-order chi connectivity index (χ1) is 12.1. The average Bonchev–Trinajstić information content (AvgIpc) is 2.63. The fourth-order valence-electron chi connectivity index (χ4n) is 2.43. The number of hydrogen-bond donors (Lipinski definition) is 3. The summed E-state index contributed by atoms with van der Waals surface area (Å²) in [6.45, 7) is 5.10. The van der Waals surface area contributed by atoms with Crippen LogP contribution in [0.25, 0.3) is 5.70 Å². The van der Waals surface area contributed by atoms with E-state index in [1.807, 2.05) is 24.3 Å². The topological polar surface area (TPSA) is 91.8 Å². The second-order valence-corrected chi connectivity index (χ2v) is 5.64. The van der Waals surface area contributed by atoms with Crippen LogP contribution in [0, 0.1) is 0 Å². The molecule has 0 aromatic heterocycles. The second kappa shape index (κ2) is 9.46. The first-order valence-electron chi connectivity index (χ1n) is 8.30. The lowest BCUT2D eigenvalue weighted by molar-refractivity contribution is -0.140. The zero-order valence-corrected chi connectivity index (χ0v) is 14.4. The Kier molecular flexibility index (Phi) is 7.00. The minimum absolute atomic E-state index is 0.0596. The van der Waals surface area contributed by atoms with Crippen LogP contribution < -0.4 is 16.2 Å². The van der Waals surface area contributed by atoms with Gasteiger partial charge in [-0.1, -0.05) is 30.8 Å². The van der Waals surface area contributed by atoms with Gasteiger partial charge in [0.1, 0.15) is 5.84 Å². The summed E-state index contributed by atoms with van der Waals surface area (Å²) in [6, 6.07) is 7.92. The highest BCUT2D eigenvalue weighted by Gasteiger charge is 2.16. The molecule has 0 saturated carbocycles. The highest BCUT2D eigenvalue weighted by atomic mass is 16.5. The molecule has 1 aliphatic heterocycles. The fourth-order valence-corrected chi connectivity index (χ4v) is 2.43. The van der Waals surface area contributed by atoms with Crippen LogP contribution in [0.1, 0.15) is 36.8 Å². The molecule has 0 atom stereocenters. The van der Waals surface area contributed by atoms with E-state index in [2.05, 4.69) is 32.5 Å². The van der Waals surface area contributed by atoms with E-state index in [1.54, 1.807) is 0 Å². The van der Waals surface area contributed by atoms with Gasteiger partial charge in [-0.2, -0.15) is 0 Å². The summed E-state index contributed by atoms with van der Waals surface area (Å²) >= 11 is 0. The molecule has 0 aliphatic carbocycles. The molecule has 1 amide bonds. The third-order valence-electron chi connectivity index (χ3n) is 3.78. The Hall–Kier alpha value is -2.83. The molecular weight excluding hydrogens is 320 g/mol. The number of benzene rings is 1. The standard InChI is InChI=1S/C18H24N4O3/c1-13-14-7-3-4-8-15(14)18(22-21-13)20-12-6-11-19-16(23)9-5-10-17(24)25-2/h3-4,7-8,21H,1,5-6,9-12H2,2H3,(H,19,23)(H,20,22). The van der Waals surface area contributed by atoms with Crippen LogP contribution in [0.15, 0.2) is 35.8 Å². The molecule has 7 heteroatoms. The van der Waals surface area contributed by atoms with Gasteiger partial charge >= 0.3 is 5.97 Å². The Morgan fingerprint density at radius 1 is 1.16 bits per heavy atom. The molecule has 0 fully saturated rings. The molecule has 0 bridgehead atoms. The van der Waals surface area contributed by atoms with Gasteiger partial charge in [0.15, 0.2) is 0 Å². The Bertz CT molecular complexity index is 670. The van der Waals surface area contributed by atoms with Crippen LogP contribution in [0.2, 0.25) is 0 Å². The quantitative estimate of drug-likeness (QED) is 0.489. The number of rotatable bonds is 8. The van der Waals surface area contributed by atoms with Crippen LogP contribution in [0.3, 0.4) is 0 Å². The van der Waals surface area contributed by atoms with Gasteiger partial charge in [0.25, 0.3) is 0 Å². The molecule has 0 spiro atoms. The predicted octanol–water partition coefficient (Wildman–Crippen LogP) is 1.36. The highest BCUT2D eigenvalue weighted by molar-refractivity contribution is 6.04. The van der Waals surface area contributed by atoms with Gasteiger partial charge in [-0.15, -0.1) is 0 Å². The number of nitrogens with zero attached hydrogens (tertiary/aromatic N) is 1. The molecule has 2 rings (SSSR count). The molecule has 0 saturated heterocycles. The smallest absolute Gasteiger partial charge is 0.305 e. The lowest BCUT2D eigenvalue weighted by Gasteiger charge is -2.23. The summed E-state index contributed by atoms with van der Waals surface area (Å²) in [7, 11) is 1.34. The average molecular weight is 344 g/mol. The van der Waals surface area contributed by atoms with E-state index in [0.717, 1.165) is 29.1 Å². The van der Waals surface area contributed by atoms with Gasteiger partial charge in [0.05, 0.1) is 12.8 Å². The molecule has 1 aliphatic rings. The lowest BCUT2D eigenvalue weighted by Crippen LogP contribution is -2.41. The van der Waals surface area contributed by atoms with Gasteiger partial charge in [0.2, 0.25) is 5.91 Å². The molecule has 7 nitrogen and oxygen atoms in total. The van der Waals surface area contributed by atoms with Crippen molar-refractivity contribution < 1.29 is 14.3 Å². The van der Waals surface area contributed by atoms with Crippen molar-refractivity contribution in [2.45, 2.75) is 25.7 Å². The summed E-state index contributed by atoms with van der Waals surface area (Å²) in [4.78, 5) is 27.2. The molecule has 25 heavy (non-hydrogen) atoms. The molecule has 134 valence electrons. The SMILES string of the molecule is C=C1NNC(=NCCCNC(=O)CCCC(=O)OC)c2ccccc21. The van der Waals surface area contributed by atoms with E-state index in [0.29, 0.717) is 25.9 Å². The van der Waals surface area contributed by atoms with Crippen LogP contribution >= 0.6 is 0 Å². The fraction of sp³-hybridized carbons (Fsp3) is 0.389. The molecule has 1 aromatic carbocycles. The number of methoxy groups -OCH3 is 1. The van der Waals surface area contributed by atoms with Crippen LogP contribution in [-0.2, 0) is 14.3 Å². The Morgan fingerprint density at radius 3 is 2.68 bits per heavy atom. The number of amidine groups is 1. The summed E-state index contributed by atoms with van der Waals surface area (Å²) < 4.78 is 4.53. The molecule has 1 heterocycles. The predicted molar refractivity (Wildman–Crippen MR) is 96.6 cm³/mol. The summed E-state index contributed by atoms with van der Waals surface area (Å²) in [5.41, 5.74) is 8.89. The van der Waals surface area contributed by atoms with Crippen LogP contribution in [-0.4, -0.2) is 37.9 Å². The zero-order chi connectivity index (χ0) is 18.1. The van der Waals surface area contributed by atoms with E-state index in [9.17, 15) is 9.59 Å². The van der Waals surface area contributed by atoms with Gasteiger partial charge in [-0.05, 0) is 12.8 Å². The zero-order valence-electron chi connectivity index (χ0n) is 14.4. The largest absolute Gasteiger partial charge is 0.469 e. The number of hydrogen-bond acceptors (Lipinski definition) is 5. The molecule has 1 aromatic rings. The summed E-state index contributed by atoms with van der Waals surface area (Å²) in [5, 5.41) is 2.83. The number of hydrazine groups is 1. The lowest BCUT2D eigenvalue weighted by atomic mass is 10.0. The van der Waals surface area contributed by atoms with E-state index in [4.69, 9.17) is 0 Å². The van der Waals surface area contributed by atoms with Gasteiger partial charge in [-0.3, -0.25) is 25.4 Å². The number of fused-ring (bicyclic) bond motifs is 1.